The lowest BCUT2D eigenvalue weighted by Gasteiger charge is -2.30. The Morgan fingerprint density at radius 1 is 1.38 bits per heavy atom. The van der Waals surface area contributed by atoms with E-state index in [9.17, 15) is 13.6 Å². The summed E-state index contributed by atoms with van der Waals surface area (Å²) in [6, 6.07) is 2.71. The van der Waals surface area contributed by atoms with Crippen LogP contribution in [0.4, 0.5) is 8.78 Å². The van der Waals surface area contributed by atoms with E-state index < -0.39 is 23.1 Å². The second-order valence-corrected chi connectivity index (χ2v) is 5.54. The van der Waals surface area contributed by atoms with Crippen LogP contribution in [0.2, 0.25) is 0 Å². The van der Waals surface area contributed by atoms with Gasteiger partial charge in [0.2, 0.25) is 0 Å². The first kappa shape index (κ1) is 15.9. The molecule has 1 heterocycles. The molecular weight excluding hydrogens is 274 g/mol. The number of benzene rings is 1. The highest BCUT2D eigenvalue weighted by atomic mass is 19.1. The topological polar surface area (TPSA) is 32.3 Å². The van der Waals surface area contributed by atoms with E-state index in [0.29, 0.717) is 13.1 Å². The SMILES string of the molecule is CCN(CC1CCCCN1)C(=O)c1c(F)ccc(C)c1F. The van der Waals surface area contributed by atoms with Crippen LogP contribution in [0.25, 0.3) is 0 Å². The highest BCUT2D eigenvalue weighted by Gasteiger charge is 2.25. The number of carbonyl (C=O) groups is 1. The Kier molecular flexibility index (Phi) is 5.28. The van der Waals surface area contributed by atoms with Gasteiger partial charge in [-0.1, -0.05) is 12.5 Å². The van der Waals surface area contributed by atoms with Crippen LogP contribution in [0.3, 0.4) is 0 Å². The number of rotatable bonds is 4. The summed E-state index contributed by atoms with van der Waals surface area (Å²) in [5, 5.41) is 3.35. The predicted octanol–water partition coefficient (Wildman–Crippen LogP) is 2.88. The van der Waals surface area contributed by atoms with E-state index in [2.05, 4.69) is 5.32 Å². The number of nitrogens with zero attached hydrogens (tertiary/aromatic N) is 1. The summed E-state index contributed by atoms with van der Waals surface area (Å²) in [5.41, 5.74) is -0.153. The Morgan fingerprint density at radius 2 is 2.14 bits per heavy atom. The summed E-state index contributed by atoms with van der Waals surface area (Å²) in [7, 11) is 0. The largest absolute Gasteiger partial charge is 0.337 e. The molecule has 1 aromatic carbocycles. The van der Waals surface area contributed by atoms with Crippen molar-refractivity contribution in [1.29, 1.82) is 0 Å². The second-order valence-electron chi connectivity index (χ2n) is 5.54. The normalized spacial score (nSPS) is 18.6. The van der Waals surface area contributed by atoms with Gasteiger partial charge in [-0.2, -0.15) is 0 Å². The smallest absolute Gasteiger partial charge is 0.259 e. The summed E-state index contributed by atoms with van der Waals surface area (Å²) in [5.74, 6) is -2.11. The molecule has 0 bridgehead atoms. The fourth-order valence-corrected chi connectivity index (χ4v) is 2.71. The number of hydrogen-bond acceptors (Lipinski definition) is 2. The first-order valence-corrected chi connectivity index (χ1v) is 7.51. The zero-order valence-corrected chi connectivity index (χ0v) is 12.6. The van der Waals surface area contributed by atoms with Gasteiger partial charge < -0.3 is 10.2 Å². The van der Waals surface area contributed by atoms with Gasteiger partial charge in [0.25, 0.3) is 5.91 Å². The van der Waals surface area contributed by atoms with Gasteiger partial charge in [0.05, 0.1) is 0 Å². The molecule has 21 heavy (non-hydrogen) atoms. The summed E-state index contributed by atoms with van der Waals surface area (Å²) >= 11 is 0. The molecule has 0 radical (unpaired) electrons. The second kappa shape index (κ2) is 6.98. The zero-order chi connectivity index (χ0) is 15.4. The predicted molar refractivity (Wildman–Crippen MR) is 78.3 cm³/mol. The van der Waals surface area contributed by atoms with Crippen LogP contribution >= 0.6 is 0 Å². The highest BCUT2D eigenvalue weighted by molar-refractivity contribution is 5.95. The van der Waals surface area contributed by atoms with Gasteiger partial charge in [0, 0.05) is 19.1 Å². The highest BCUT2D eigenvalue weighted by Crippen LogP contribution is 2.19. The molecule has 1 unspecified atom stereocenters. The minimum atomic E-state index is -0.793. The first-order chi connectivity index (χ1) is 10.0. The van der Waals surface area contributed by atoms with Gasteiger partial charge in [-0.05, 0) is 44.9 Å². The van der Waals surface area contributed by atoms with Crippen LogP contribution in [0, 0.1) is 18.6 Å². The van der Waals surface area contributed by atoms with Gasteiger partial charge in [-0.3, -0.25) is 4.79 Å². The average molecular weight is 296 g/mol. The molecule has 1 fully saturated rings. The maximum Gasteiger partial charge on any atom is 0.259 e. The van der Waals surface area contributed by atoms with Crippen LogP contribution in [-0.2, 0) is 0 Å². The number of hydrogen-bond donors (Lipinski definition) is 1. The monoisotopic (exact) mass is 296 g/mol. The van der Waals surface area contributed by atoms with Gasteiger partial charge >= 0.3 is 0 Å². The third kappa shape index (κ3) is 3.59. The Balaban J connectivity index is 2.18. The number of piperidine rings is 1. The molecule has 1 amide bonds. The van der Waals surface area contributed by atoms with Gasteiger partial charge in [-0.25, -0.2) is 8.78 Å². The lowest BCUT2D eigenvalue weighted by molar-refractivity contribution is 0.0731. The molecule has 0 aliphatic carbocycles. The van der Waals surface area contributed by atoms with Gasteiger partial charge in [0.1, 0.15) is 17.2 Å². The minimum Gasteiger partial charge on any atom is -0.337 e. The Hall–Kier alpha value is -1.49. The molecule has 1 aliphatic rings. The van der Waals surface area contributed by atoms with E-state index >= 15 is 0 Å². The van der Waals surface area contributed by atoms with Crippen molar-refractivity contribution in [2.75, 3.05) is 19.6 Å². The molecule has 3 nitrogen and oxygen atoms in total. The Bertz CT molecular complexity index is 513. The summed E-state index contributed by atoms with van der Waals surface area (Å²) in [6.07, 6.45) is 3.25. The van der Waals surface area contributed by atoms with Crippen LogP contribution in [0.15, 0.2) is 12.1 Å². The van der Waals surface area contributed by atoms with Crippen LogP contribution in [0.1, 0.15) is 42.1 Å². The fourth-order valence-electron chi connectivity index (χ4n) is 2.71. The number of nitrogens with one attached hydrogen (secondary N) is 1. The van der Waals surface area contributed by atoms with E-state index in [1.807, 2.05) is 6.92 Å². The average Bonchev–Trinajstić information content (AvgIpc) is 2.50. The maximum atomic E-state index is 14.1. The summed E-state index contributed by atoms with van der Waals surface area (Å²) in [6.45, 7) is 5.21. The van der Waals surface area contributed by atoms with Crippen molar-refractivity contribution in [3.63, 3.8) is 0 Å². The fraction of sp³-hybridized carbons (Fsp3) is 0.562. The lowest BCUT2D eigenvalue weighted by Crippen LogP contribution is -2.46. The third-order valence-corrected chi connectivity index (χ3v) is 4.02. The van der Waals surface area contributed by atoms with Crippen LogP contribution in [-0.4, -0.2) is 36.5 Å². The molecule has 5 heteroatoms. The Labute approximate surface area is 124 Å². The molecule has 1 aromatic rings. The van der Waals surface area contributed by atoms with Crippen molar-refractivity contribution in [3.8, 4) is 0 Å². The number of likely N-dealkylation sites (N-methyl/N-ethyl adjacent to an activating group) is 1. The quantitative estimate of drug-likeness (QED) is 0.926. The molecule has 0 aromatic heterocycles. The van der Waals surface area contributed by atoms with Gasteiger partial charge in [0.15, 0.2) is 0 Å². The summed E-state index contributed by atoms with van der Waals surface area (Å²) in [4.78, 5) is 14.0. The standard InChI is InChI=1S/C16H22F2N2O/c1-3-20(10-12-6-4-5-9-19-12)16(21)14-13(17)8-7-11(2)15(14)18/h7-8,12,19H,3-6,9-10H2,1-2H3. The molecule has 1 atom stereocenters. The molecule has 1 saturated heterocycles. The molecule has 1 aliphatic heterocycles. The van der Waals surface area contributed by atoms with E-state index in [1.165, 1.54) is 17.9 Å². The van der Waals surface area contributed by atoms with E-state index in [-0.39, 0.29) is 11.6 Å². The Morgan fingerprint density at radius 3 is 2.76 bits per heavy atom. The van der Waals surface area contributed by atoms with E-state index in [4.69, 9.17) is 0 Å². The number of carbonyl (C=O) groups excluding carboxylic acids is 1. The maximum absolute atomic E-state index is 14.1. The van der Waals surface area contributed by atoms with Crippen molar-refractivity contribution in [2.45, 2.75) is 39.2 Å². The van der Waals surface area contributed by atoms with Crippen molar-refractivity contribution in [2.24, 2.45) is 0 Å². The van der Waals surface area contributed by atoms with E-state index in [0.717, 1.165) is 31.9 Å². The number of amides is 1. The summed E-state index contributed by atoms with van der Waals surface area (Å²) < 4.78 is 27.9. The first-order valence-electron chi connectivity index (χ1n) is 7.51. The van der Waals surface area contributed by atoms with Crippen LogP contribution in [0.5, 0.6) is 0 Å². The molecule has 116 valence electrons. The van der Waals surface area contributed by atoms with Gasteiger partial charge in [-0.15, -0.1) is 0 Å². The number of aryl methyl sites for hydroxylation is 1. The molecule has 1 N–H and O–H groups in total. The molecule has 0 spiro atoms. The number of halogens is 2. The lowest BCUT2D eigenvalue weighted by atomic mass is 10.0. The molecule has 2 rings (SSSR count). The van der Waals surface area contributed by atoms with Crippen molar-refractivity contribution < 1.29 is 13.6 Å². The minimum absolute atomic E-state index is 0.207. The van der Waals surface area contributed by atoms with Crippen LogP contribution < -0.4 is 5.32 Å². The van der Waals surface area contributed by atoms with Crippen molar-refractivity contribution >= 4 is 5.91 Å². The third-order valence-electron chi connectivity index (χ3n) is 4.02. The zero-order valence-electron chi connectivity index (χ0n) is 12.6. The molecule has 0 saturated carbocycles. The van der Waals surface area contributed by atoms with E-state index in [1.54, 1.807) is 0 Å². The van der Waals surface area contributed by atoms with Crippen molar-refractivity contribution in [1.82, 2.24) is 10.2 Å². The van der Waals surface area contributed by atoms with Crippen molar-refractivity contribution in [3.05, 3.63) is 34.9 Å². The molecular formula is C16H22F2N2O.